The van der Waals surface area contributed by atoms with Crippen LogP contribution in [-0.2, 0) is 9.84 Å². The molecule has 8 nitrogen and oxygen atoms in total. The summed E-state index contributed by atoms with van der Waals surface area (Å²) in [6, 6.07) is 4.98. The Kier molecular flexibility index (Phi) is 4.20. The van der Waals surface area contributed by atoms with Crippen LogP contribution in [-0.4, -0.2) is 82.8 Å². The zero-order chi connectivity index (χ0) is 18.3. The Morgan fingerprint density at radius 2 is 1.81 bits per heavy atom. The molecule has 0 radical (unpaired) electrons. The Balaban J connectivity index is 1.57. The summed E-state index contributed by atoms with van der Waals surface area (Å²) in [6.07, 6.45) is 4.62. The summed E-state index contributed by atoms with van der Waals surface area (Å²) < 4.78 is 24.1. The molecule has 0 spiro atoms. The van der Waals surface area contributed by atoms with Crippen molar-refractivity contribution >= 4 is 15.7 Å². The van der Waals surface area contributed by atoms with E-state index in [1.165, 1.54) is 12.4 Å². The molecule has 2 aromatic rings. The second-order valence-electron chi connectivity index (χ2n) is 6.70. The summed E-state index contributed by atoms with van der Waals surface area (Å²) in [6.45, 7) is 1.14. The molecule has 4 heterocycles. The molecule has 2 aliphatic rings. The number of likely N-dealkylation sites (N-methyl/N-ethyl adjacent to an activating group) is 1. The molecular weight excluding hydrogens is 354 g/mol. The van der Waals surface area contributed by atoms with Crippen LogP contribution in [0, 0.1) is 0 Å². The zero-order valence-corrected chi connectivity index (χ0v) is 15.1. The molecule has 0 N–H and O–H groups in total. The molecule has 2 atom stereocenters. The lowest BCUT2D eigenvalue weighted by atomic mass is 10.0. The van der Waals surface area contributed by atoms with Gasteiger partial charge in [0.15, 0.2) is 15.7 Å². The van der Waals surface area contributed by atoms with Gasteiger partial charge in [-0.2, -0.15) is 0 Å². The number of sulfone groups is 1. The van der Waals surface area contributed by atoms with Gasteiger partial charge in [-0.05, 0) is 19.2 Å². The van der Waals surface area contributed by atoms with E-state index in [9.17, 15) is 13.2 Å². The second kappa shape index (κ2) is 6.40. The predicted molar refractivity (Wildman–Crippen MR) is 95.2 cm³/mol. The maximum Gasteiger partial charge on any atom is 0.257 e. The van der Waals surface area contributed by atoms with E-state index in [0.29, 0.717) is 30.2 Å². The predicted octanol–water partition coefficient (Wildman–Crippen LogP) is 0.0918. The molecule has 26 heavy (non-hydrogen) atoms. The van der Waals surface area contributed by atoms with Crippen LogP contribution >= 0.6 is 0 Å². The number of nitrogens with zero attached hydrogens (tertiary/aromatic N) is 5. The van der Waals surface area contributed by atoms with Crippen LogP contribution in [0.3, 0.4) is 0 Å². The summed E-state index contributed by atoms with van der Waals surface area (Å²) in [7, 11) is -1.22. The van der Waals surface area contributed by atoms with E-state index in [2.05, 4.69) is 15.0 Å². The van der Waals surface area contributed by atoms with Crippen molar-refractivity contribution in [2.24, 2.45) is 0 Å². The van der Waals surface area contributed by atoms with Crippen molar-refractivity contribution in [1.29, 1.82) is 0 Å². The van der Waals surface area contributed by atoms with Gasteiger partial charge in [-0.25, -0.2) is 18.4 Å². The minimum atomic E-state index is -3.13. The van der Waals surface area contributed by atoms with E-state index >= 15 is 0 Å². The van der Waals surface area contributed by atoms with Gasteiger partial charge in [0.05, 0.1) is 23.1 Å². The van der Waals surface area contributed by atoms with E-state index in [-0.39, 0.29) is 29.5 Å². The number of carbonyl (C=O) groups excluding carboxylic acids is 1. The first-order valence-corrected chi connectivity index (χ1v) is 10.2. The first-order valence-electron chi connectivity index (χ1n) is 8.40. The van der Waals surface area contributed by atoms with Gasteiger partial charge in [0.25, 0.3) is 5.91 Å². The van der Waals surface area contributed by atoms with E-state index in [1.807, 2.05) is 18.0 Å². The molecule has 2 saturated heterocycles. The Bertz CT molecular complexity index is 917. The Morgan fingerprint density at radius 3 is 2.50 bits per heavy atom. The van der Waals surface area contributed by atoms with Gasteiger partial charge in [-0.15, -0.1) is 0 Å². The van der Waals surface area contributed by atoms with Crippen LogP contribution < -0.4 is 0 Å². The number of amides is 1. The summed E-state index contributed by atoms with van der Waals surface area (Å²) >= 11 is 0. The van der Waals surface area contributed by atoms with E-state index in [1.54, 1.807) is 23.2 Å². The smallest absolute Gasteiger partial charge is 0.257 e. The Hall–Kier alpha value is -2.39. The highest BCUT2D eigenvalue weighted by atomic mass is 32.2. The number of hydrogen-bond acceptors (Lipinski definition) is 7. The van der Waals surface area contributed by atoms with Crippen LogP contribution in [0.15, 0.2) is 36.8 Å². The Morgan fingerprint density at radius 1 is 1.08 bits per heavy atom. The van der Waals surface area contributed by atoms with Crippen molar-refractivity contribution in [2.45, 2.75) is 12.1 Å². The number of hydrogen-bond donors (Lipinski definition) is 0. The molecule has 1 amide bonds. The third-order valence-electron chi connectivity index (χ3n) is 5.01. The molecule has 2 aliphatic heterocycles. The first-order chi connectivity index (χ1) is 12.4. The van der Waals surface area contributed by atoms with E-state index < -0.39 is 9.84 Å². The van der Waals surface area contributed by atoms with Gasteiger partial charge in [0.2, 0.25) is 0 Å². The van der Waals surface area contributed by atoms with Crippen molar-refractivity contribution in [2.75, 3.05) is 31.6 Å². The highest BCUT2D eigenvalue weighted by molar-refractivity contribution is 7.91. The molecule has 2 fully saturated rings. The number of rotatable bonds is 2. The fourth-order valence-corrected chi connectivity index (χ4v) is 5.67. The Labute approximate surface area is 151 Å². The topological polar surface area (TPSA) is 96.4 Å². The number of carbonyl (C=O) groups is 1. The standard InChI is InChI=1S/C17H19N5O3S/c1-21-6-7-22(15-11-26(24,25)10-14(15)21)17(23)12-8-19-16(20-9-12)13-4-2-3-5-18-13/h2-5,8-9,14-15H,6-7,10-11H2,1H3/t14-,15+/m0/s1. The summed E-state index contributed by atoms with van der Waals surface area (Å²) in [4.78, 5) is 29.3. The fraction of sp³-hybridized carbons (Fsp3) is 0.412. The van der Waals surface area contributed by atoms with Crippen molar-refractivity contribution < 1.29 is 13.2 Å². The van der Waals surface area contributed by atoms with Gasteiger partial charge in [0, 0.05) is 37.7 Å². The van der Waals surface area contributed by atoms with Crippen molar-refractivity contribution in [3.05, 3.63) is 42.4 Å². The van der Waals surface area contributed by atoms with Crippen LogP contribution in [0.4, 0.5) is 0 Å². The molecule has 0 unspecified atom stereocenters. The average molecular weight is 373 g/mol. The van der Waals surface area contributed by atoms with Crippen LogP contribution in [0.2, 0.25) is 0 Å². The van der Waals surface area contributed by atoms with E-state index in [4.69, 9.17) is 0 Å². The van der Waals surface area contributed by atoms with Crippen LogP contribution in [0.25, 0.3) is 11.5 Å². The monoisotopic (exact) mass is 373 g/mol. The minimum absolute atomic E-state index is 0.0145. The SMILES string of the molecule is CN1CCN(C(=O)c2cnc(-c3ccccn3)nc2)[C@@H]2CS(=O)(=O)C[C@@H]21. The second-order valence-corrected chi connectivity index (χ2v) is 8.85. The van der Waals surface area contributed by atoms with Crippen molar-refractivity contribution in [3.8, 4) is 11.5 Å². The zero-order valence-electron chi connectivity index (χ0n) is 14.3. The highest BCUT2D eigenvalue weighted by Gasteiger charge is 2.47. The maximum absolute atomic E-state index is 12.9. The average Bonchev–Trinajstić information content (AvgIpc) is 2.98. The first kappa shape index (κ1) is 17.0. The normalized spacial score (nSPS) is 25.0. The molecule has 0 aromatic carbocycles. The molecule has 2 aromatic heterocycles. The molecular formula is C17H19N5O3S. The maximum atomic E-state index is 12.9. The summed E-state index contributed by atoms with van der Waals surface area (Å²) in [5, 5.41) is 0. The van der Waals surface area contributed by atoms with Gasteiger partial charge >= 0.3 is 0 Å². The number of aromatic nitrogens is 3. The summed E-state index contributed by atoms with van der Waals surface area (Å²) in [5.74, 6) is 0.341. The van der Waals surface area contributed by atoms with Crippen molar-refractivity contribution in [1.82, 2.24) is 24.8 Å². The molecule has 0 saturated carbocycles. The number of fused-ring (bicyclic) bond motifs is 1. The third kappa shape index (κ3) is 3.08. The van der Waals surface area contributed by atoms with Crippen molar-refractivity contribution in [3.63, 3.8) is 0 Å². The number of pyridine rings is 1. The lowest BCUT2D eigenvalue weighted by Gasteiger charge is -2.42. The quantitative estimate of drug-likeness (QED) is 0.736. The molecule has 9 heteroatoms. The van der Waals surface area contributed by atoms with Gasteiger partial charge in [-0.1, -0.05) is 6.07 Å². The van der Waals surface area contributed by atoms with Crippen LogP contribution in [0.1, 0.15) is 10.4 Å². The van der Waals surface area contributed by atoms with Gasteiger partial charge in [-0.3, -0.25) is 14.7 Å². The lowest BCUT2D eigenvalue weighted by molar-refractivity contribution is 0.0409. The highest BCUT2D eigenvalue weighted by Crippen LogP contribution is 2.27. The third-order valence-corrected chi connectivity index (χ3v) is 6.71. The van der Waals surface area contributed by atoms with E-state index in [0.717, 1.165) is 0 Å². The minimum Gasteiger partial charge on any atom is -0.332 e. The molecule has 0 bridgehead atoms. The molecule has 136 valence electrons. The van der Waals surface area contributed by atoms with Gasteiger partial charge in [0.1, 0.15) is 5.69 Å². The lowest BCUT2D eigenvalue weighted by Crippen LogP contribution is -2.59. The number of piperazine rings is 1. The van der Waals surface area contributed by atoms with Gasteiger partial charge < -0.3 is 4.90 Å². The fourth-order valence-electron chi connectivity index (χ4n) is 3.61. The molecule has 0 aliphatic carbocycles. The molecule has 4 rings (SSSR count). The van der Waals surface area contributed by atoms with Crippen LogP contribution in [0.5, 0.6) is 0 Å². The largest absolute Gasteiger partial charge is 0.332 e. The summed E-state index contributed by atoms with van der Waals surface area (Å²) in [5.41, 5.74) is 0.991.